The SMILES string of the molecule is COc1c(CCO)cc(Br)cc1C(F)(F)F. The summed E-state index contributed by atoms with van der Waals surface area (Å²) in [4.78, 5) is 0. The van der Waals surface area contributed by atoms with E-state index in [1.807, 2.05) is 0 Å². The van der Waals surface area contributed by atoms with Crippen molar-refractivity contribution in [1.29, 1.82) is 0 Å². The lowest BCUT2D eigenvalue weighted by Gasteiger charge is -2.16. The number of alkyl halides is 3. The van der Waals surface area contributed by atoms with E-state index in [1.165, 1.54) is 13.2 Å². The monoisotopic (exact) mass is 298 g/mol. The van der Waals surface area contributed by atoms with Crippen LogP contribution >= 0.6 is 15.9 Å². The van der Waals surface area contributed by atoms with Crippen LogP contribution in [-0.2, 0) is 12.6 Å². The number of ether oxygens (including phenoxy) is 1. The average molecular weight is 299 g/mol. The smallest absolute Gasteiger partial charge is 0.420 e. The molecule has 90 valence electrons. The van der Waals surface area contributed by atoms with Gasteiger partial charge in [0.25, 0.3) is 0 Å². The first-order valence-electron chi connectivity index (χ1n) is 4.44. The summed E-state index contributed by atoms with van der Waals surface area (Å²) in [5.74, 6) is -0.232. The molecule has 1 N–H and O–H groups in total. The van der Waals surface area contributed by atoms with E-state index in [9.17, 15) is 13.2 Å². The van der Waals surface area contributed by atoms with Crippen LogP contribution in [0, 0.1) is 0 Å². The summed E-state index contributed by atoms with van der Waals surface area (Å²) >= 11 is 3.00. The third kappa shape index (κ3) is 2.89. The summed E-state index contributed by atoms with van der Waals surface area (Å²) in [7, 11) is 1.18. The van der Waals surface area contributed by atoms with Gasteiger partial charge in [-0.2, -0.15) is 13.2 Å². The first-order valence-corrected chi connectivity index (χ1v) is 5.24. The molecule has 0 fully saturated rings. The van der Waals surface area contributed by atoms with E-state index in [-0.39, 0.29) is 18.8 Å². The van der Waals surface area contributed by atoms with Crippen LogP contribution in [-0.4, -0.2) is 18.8 Å². The maximum atomic E-state index is 12.7. The van der Waals surface area contributed by atoms with Crippen LogP contribution in [0.25, 0.3) is 0 Å². The molecule has 0 aliphatic heterocycles. The molecule has 0 saturated heterocycles. The Morgan fingerprint density at radius 1 is 1.38 bits per heavy atom. The third-order valence-corrected chi connectivity index (χ3v) is 2.48. The fraction of sp³-hybridized carbons (Fsp3) is 0.400. The van der Waals surface area contributed by atoms with Crippen LogP contribution in [0.2, 0.25) is 0 Å². The Morgan fingerprint density at radius 2 is 2.00 bits per heavy atom. The van der Waals surface area contributed by atoms with E-state index in [2.05, 4.69) is 15.9 Å². The minimum absolute atomic E-state index is 0.117. The quantitative estimate of drug-likeness (QED) is 0.929. The van der Waals surface area contributed by atoms with Crippen molar-refractivity contribution in [2.24, 2.45) is 0 Å². The van der Waals surface area contributed by atoms with Gasteiger partial charge in [0.2, 0.25) is 0 Å². The van der Waals surface area contributed by atoms with Gasteiger partial charge in [-0.3, -0.25) is 0 Å². The lowest BCUT2D eigenvalue weighted by molar-refractivity contribution is -0.138. The Bertz CT molecular complexity index is 377. The summed E-state index contributed by atoms with van der Waals surface area (Å²) in [6.07, 6.45) is -4.36. The Morgan fingerprint density at radius 3 is 2.44 bits per heavy atom. The molecule has 2 nitrogen and oxygen atoms in total. The maximum Gasteiger partial charge on any atom is 0.420 e. The molecule has 0 radical (unpaired) electrons. The van der Waals surface area contributed by atoms with Crippen molar-refractivity contribution < 1.29 is 23.0 Å². The number of aliphatic hydroxyl groups excluding tert-OH is 1. The maximum absolute atomic E-state index is 12.7. The van der Waals surface area contributed by atoms with E-state index in [4.69, 9.17) is 9.84 Å². The van der Waals surface area contributed by atoms with Gasteiger partial charge in [-0.05, 0) is 24.1 Å². The van der Waals surface area contributed by atoms with Crippen molar-refractivity contribution >= 4 is 15.9 Å². The molecule has 0 aliphatic rings. The molecule has 6 heteroatoms. The first-order chi connectivity index (χ1) is 7.40. The normalized spacial score (nSPS) is 11.6. The molecule has 16 heavy (non-hydrogen) atoms. The van der Waals surface area contributed by atoms with Crippen LogP contribution in [0.3, 0.4) is 0 Å². The minimum Gasteiger partial charge on any atom is -0.496 e. The average Bonchev–Trinajstić information content (AvgIpc) is 2.16. The van der Waals surface area contributed by atoms with E-state index in [0.717, 1.165) is 6.07 Å². The van der Waals surface area contributed by atoms with Gasteiger partial charge in [0.05, 0.1) is 12.7 Å². The highest BCUT2D eigenvalue weighted by Gasteiger charge is 2.35. The lowest BCUT2D eigenvalue weighted by Crippen LogP contribution is -2.10. The Balaban J connectivity index is 3.36. The second-order valence-corrected chi connectivity index (χ2v) is 4.03. The molecule has 0 spiro atoms. The zero-order valence-corrected chi connectivity index (χ0v) is 10.0. The predicted molar refractivity (Wildman–Crippen MR) is 56.5 cm³/mol. The highest BCUT2D eigenvalue weighted by atomic mass is 79.9. The Kier molecular flexibility index (Phi) is 4.21. The molecular formula is C10H10BrF3O2. The molecule has 0 amide bonds. The minimum atomic E-state index is -4.47. The number of halogens is 4. The molecule has 0 bridgehead atoms. The molecule has 0 aliphatic carbocycles. The fourth-order valence-corrected chi connectivity index (χ4v) is 1.91. The van der Waals surface area contributed by atoms with Crippen molar-refractivity contribution in [2.45, 2.75) is 12.6 Å². The van der Waals surface area contributed by atoms with Crippen LogP contribution < -0.4 is 4.74 Å². The lowest BCUT2D eigenvalue weighted by atomic mass is 10.1. The zero-order valence-electron chi connectivity index (χ0n) is 8.44. The molecule has 0 heterocycles. The van der Waals surface area contributed by atoms with Gasteiger partial charge >= 0.3 is 6.18 Å². The van der Waals surface area contributed by atoms with Crippen LogP contribution in [0.5, 0.6) is 5.75 Å². The second kappa shape index (κ2) is 5.05. The molecule has 0 unspecified atom stereocenters. The standard InChI is InChI=1S/C10H10BrF3O2/c1-16-9-6(2-3-15)4-7(11)5-8(9)10(12,13)14/h4-5,15H,2-3H2,1H3. The topological polar surface area (TPSA) is 29.5 Å². The van der Waals surface area contributed by atoms with Gasteiger partial charge < -0.3 is 9.84 Å². The van der Waals surface area contributed by atoms with Gasteiger partial charge in [0.1, 0.15) is 5.75 Å². The number of methoxy groups -OCH3 is 1. The zero-order chi connectivity index (χ0) is 12.3. The van der Waals surface area contributed by atoms with Crippen molar-refractivity contribution in [3.8, 4) is 5.75 Å². The van der Waals surface area contributed by atoms with E-state index in [1.54, 1.807) is 0 Å². The van der Waals surface area contributed by atoms with Crippen molar-refractivity contribution in [3.63, 3.8) is 0 Å². The highest BCUT2D eigenvalue weighted by Crippen LogP contribution is 2.40. The van der Waals surface area contributed by atoms with Gasteiger partial charge in [-0.25, -0.2) is 0 Å². The van der Waals surface area contributed by atoms with E-state index < -0.39 is 11.7 Å². The second-order valence-electron chi connectivity index (χ2n) is 3.12. The van der Waals surface area contributed by atoms with Crippen LogP contribution in [0.1, 0.15) is 11.1 Å². The largest absolute Gasteiger partial charge is 0.496 e. The molecule has 0 aromatic heterocycles. The van der Waals surface area contributed by atoms with Crippen LogP contribution in [0.4, 0.5) is 13.2 Å². The number of aliphatic hydroxyl groups is 1. The van der Waals surface area contributed by atoms with Crippen LogP contribution in [0.15, 0.2) is 16.6 Å². The Hall–Kier alpha value is -0.750. The highest BCUT2D eigenvalue weighted by molar-refractivity contribution is 9.10. The van der Waals surface area contributed by atoms with Crippen molar-refractivity contribution in [1.82, 2.24) is 0 Å². The molecule has 0 atom stereocenters. The molecular weight excluding hydrogens is 289 g/mol. The van der Waals surface area contributed by atoms with Gasteiger partial charge in [-0.1, -0.05) is 15.9 Å². The third-order valence-electron chi connectivity index (χ3n) is 2.02. The van der Waals surface area contributed by atoms with Gasteiger partial charge in [-0.15, -0.1) is 0 Å². The van der Waals surface area contributed by atoms with Crippen molar-refractivity contribution in [3.05, 3.63) is 27.7 Å². The summed E-state index contributed by atoms with van der Waals surface area (Å²) in [5, 5.41) is 8.77. The first kappa shape index (κ1) is 13.3. The predicted octanol–water partition coefficient (Wildman–Crippen LogP) is 3.01. The number of hydrogen-bond donors (Lipinski definition) is 1. The molecule has 1 aromatic rings. The summed E-state index contributed by atoms with van der Waals surface area (Å²) in [6, 6.07) is 2.46. The summed E-state index contributed by atoms with van der Waals surface area (Å²) < 4.78 is 43.1. The fourth-order valence-electron chi connectivity index (χ4n) is 1.41. The van der Waals surface area contributed by atoms with Gasteiger partial charge in [0, 0.05) is 11.1 Å². The molecule has 1 rings (SSSR count). The number of rotatable bonds is 3. The van der Waals surface area contributed by atoms with Gasteiger partial charge in [0.15, 0.2) is 0 Å². The van der Waals surface area contributed by atoms with E-state index in [0.29, 0.717) is 10.0 Å². The summed E-state index contributed by atoms with van der Waals surface area (Å²) in [6.45, 7) is -0.232. The van der Waals surface area contributed by atoms with Crippen molar-refractivity contribution in [2.75, 3.05) is 13.7 Å². The number of benzene rings is 1. The van der Waals surface area contributed by atoms with E-state index >= 15 is 0 Å². The number of hydrogen-bond acceptors (Lipinski definition) is 2. The molecule has 1 aromatic carbocycles. The molecule has 0 saturated carbocycles. The Labute approximate surface area is 99.2 Å². The summed E-state index contributed by atoms with van der Waals surface area (Å²) in [5.41, 5.74) is -0.514.